The zero-order valence-electron chi connectivity index (χ0n) is 9.40. The van der Waals surface area contributed by atoms with Gasteiger partial charge in [-0.3, -0.25) is 0 Å². The van der Waals surface area contributed by atoms with Crippen LogP contribution in [0.3, 0.4) is 0 Å². The summed E-state index contributed by atoms with van der Waals surface area (Å²) in [6, 6.07) is 0. The highest BCUT2D eigenvalue weighted by molar-refractivity contribution is 4.64. The molecule has 0 saturated heterocycles. The van der Waals surface area contributed by atoms with E-state index in [9.17, 15) is 0 Å². The van der Waals surface area contributed by atoms with E-state index in [2.05, 4.69) is 34.3 Å². The minimum Gasteiger partial charge on any atom is -0.103 e. The molecule has 74 valence electrons. The van der Waals surface area contributed by atoms with Crippen LogP contribution < -0.4 is 0 Å². The van der Waals surface area contributed by atoms with Crippen LogP contribution in [-0.2, 0) is 0 Å². The third-order valence-corrected chi connectivity index (χ3v) is 2.16. The number of rotatable bonds is 5. The Morgan fingerprint density at radius 3 is 1.75 bits per heavy atom. The molecule has 0 bridgehead atoms. The number of hydrogen-bond donors (Lipinski definition) is 0. The highest BCUT2D eigenvalue weighted by atomic mass is 13.9. The molecule has 0 aromatic rings. The topological polar surface area (TPSA) is 0 Å². The molecular weight excluding hydrogens is 144 g/mol. The maximum Gasteiger partial charge on any atom is -0.0354 e. The molecule has 0 radical (unpaired) electrons. The van der Waals surface area contributed by atoms with Crippen LogP contribution in [-0.4, -0.2) is 0 Å². The van der Waals surface area contributed by atoms with Crippen LogP contribution in [0.4, 0.5) is 0 Å². The van der Waals surface area contributed by atoms with E-state index < -0.39 is 0 Å². The lowest BCUT2D eigenvalue weighted by Gasteiger charge is -1.98. The second kappa shape index (κ2) is 13.3. The molecule has 0 aromatic carbocycles. The van der Waals surface area contributed by atoms with Crippen molar-refractivity contribution < 1.29 is 0 Å². The minimum atomic E-state index is 0.935. The first-order valence-electron chi connectivity index (χ1n) is 5.33. The summed E-state index contributed by atoms with van der Waals surface area (Å²) in [6.07, 6.45) is 8.38. The molecule has 0 aromatic heterocycles. The molecular formula is C12H26. The molecule has 0 N–H and O–H groups in total. The molecule has 0 nitrogen and oxygen atoms in total. The molecule has 0 fully saturated rings. The summed E-state index contributed by atoms with van der Waals surface area (Å²) in [5, 5.41) is 0. The van der Waals surface area contributed by atoms with Crippen molar-refractivity contribution in [1.29, 1.82) is 0 Å². The summed E-state index contributed by atoms with van der Waals surface area (Å²) in [4.78, 5) is 0. The van der Waals surface area contributed by atoms with E-state index in [4.69, 9.17) is 0 Å². The summed E-state index contributed by atoms with van der Waals surface area (Å²) in [6.45, 7) is 12.5. The van der Waals surface area contributed by atoms with Crippen LogP contribution in [0, 0.1) is 5.92 Å². The van der Waals surface area contributed by atoms with E-state index in [1.807, 2.05) is 6.08 Å². The Morgan fingerprint density at radius 1 is 1.17 bits per heavy atom. The van der Waals surface area contributed by atoms with Crippen LogP contribution >= 0.6 is 0 Å². The van der Waals surface area contributed by atoms with Crippen molar-refractivity contribution in [2.75, 3.05) is 0 Å². The van der Waals surface area contributed by atoms with E-state index >= 15 is 0 Å². The van der Waals surface area contributed by atoms with E-state index in [0.29, 0.717) is 0 Å². The zero-order chi connectivity index (χ0) is 9.82. The number of hydrogen-bond acceptors (Lipinski definition) is 0. The SMILES string of the molecule is C=CCCCC.CCC(C)CC. The second-order valence-corrected chi connectivity index (χ2v) is 3.35. The molecule has 0 saturated carbocycles. The molecule has 0 rings (SSSR count). The Bertz CT molecular complexity index is 70.1. The van der Waals surface area contributed by atoms with Crippen molar-refractivity contribution >= 4 is 0 Å². The van der Waals surface area contributed by atoms with Gasteiger partial charge in [-0.1, -0.05) is 59.5 Å². The second-order valence-electron chi connectivity index (χ2n) is 3.35. The number of unbranched alkanes of at least 4 members (excludes halogenated alkanes) is 2. The molecule has 0 heteroatoms. The molecule has 0 amide bonds. The van der Waals surface area contributed by atoms with Crippen molar-refractivity contribution in [1.82, 2.24) is 0 Å². The lowest BCUT2D eigenvalue weighted by Crippen LogP contribution is -1.85. The molecule has 0 unspecified atom stereocenters. The van der Waals surface area contributed by atoms with Crippen molar-refractivity contribution in [2.45, 2.75) is 59.8 Å². The summed E-state index contributed by atoms with van der Waals surface area (Å²) >= 11 is 0. The summed E-state index contributed by atoms with van der Waals surface area (Å²) in [5.74, 6) is 0.935. The van der Waals surface area contributed by atoms with Gasteiger partial charge in [0.25, 0.3) is 0 Å². The third-order valence-electron chi connectivity index (χ3n) is 2.16. The first-order chi connectivity index (χ1) is 5.72. The van der Waals surface area contributed by atoms with Gasteiger partial charge in [0, 0.05) is 0 Å². The van der Waals surface area contributed by atoms with Crippen LogP contribution in [0.25, 0.3) is 0 Å². The third kappa shape index (κ3) is 16.4. The monoisotopic (exact) mass is 170 g/mol. The smallest absolute Gasteiger partial charge is 0.0354 e. The number of allylic oxidation sites excluding steroid dienone is 1. The maximum atomic E-state index is 3.60. The van der Waals surface area contributed by atoms with Gasteiger partial charge in [0.2, 0.25) is 0 Å². The fourth-order valence-corrected chi connectivity index (χ4v) is 0.637. The van der Waals surface area contributed by atoms with Gasteiger partial charge >= 0.3 is 0 Å². The van der Waals surface area contributed by atoms with Gasteiger partial charge in [-0.2, -0.15) is 0 Å². The highest BCUT2D eigenvalue weighted by Crippen LogP contribution is 2.02. The lowest BCUT2D eigenvalue weighted by molar-refractivity contribution is 0.544. The molecule has 0 heterocycles. The molecule has 0 aliphatic heterocycles. The predicted molar refractivity (Wildman–Crippen MR) is 59.5 cm³/mol. The Kier molecular flexibility index (Phi) is 15.9. The van der Waals surface area contributed by atoms with Crippen LogP contribution in [0.1, 0.15) is 59.8 Å². The minimum absolute atomic E-state index is 0.935. The Labute approximate surface area is 79.1 Å². The maximum absolute atomic E-state index is 3.60. The van der Waals surface area contributed by atoms with Gasteiger partial charge in [-0.15, -0.1) is 6.58 Å². The largest absolute Gasteiger partial charge is 0.103 e. The standard InChI is InChI=1S/C6H14.C6H12/c1-4-6(3)5-2;1-3-5-6-4-2/h6H,4-5H2,1-3H3;3H,1,4-6H2,2H3. The van der Waals surface area contributed by atoms with Crippen LogP contribution in [0.5, 0.6) is 0 Å². The van der Waals surface area contributed by atoms with Gasteiger partial charge < -0.3 is 0 Å². The van der Waals surface area contributed by atoms with Crippen LogP contribution in [0.2, 0.25) is 0 Å². The molecule has 0 spiro atoms. The van der Waals surface area contributed by atoms with E-state index in [-0.39, 0.29) is 0 Å². The average Bonchev–Trinajstić information content (AvgIpc) is 2.14. The Hall–Kier alpha value is -0.260. The molecule has 0 aliphatic carbocycles. The van der Waals surface area contributed by atoms with Gasteiger partial charge in [0.15, 0.2) is 0 Å². The highest BCUT2D eigenvalue weighted by Gasteiger charge is 1.88. The van der Waals surface area contributed by atoms with E-state index in [1.165, 1.54) is 32.1 Å². The Morgan fingerprint density at radius 2 is 1.67 bits per heavy atom. The predicted octanol–water partition coefficient (Wildman–Crippen LogP) is 4.81. The van der Waals surface area contributed by atoms with E-state index in [1.54, 1.807) is 0 Å². The normalized spacial score (nSPS) is 9.08. The molecule has 0 atom stereocenters. The first-order valence-corrected chi connectivity index (χ1v) is 5.33. The Balaban J connectivity index is 0. The summed E-state index contributed by atoms with van der Waals surface area (Å²) < 4.78 is 0. The van der Waals surface area contributed by atoms with Crippen molar-refractivity contribution in [2.24, 2.45) is 5.92 Å². The first kappa shape index (κ1) is 14.3. The van der Waals surface area contributed by atoms with Gasteiger partial charge in [-0.25, -0.2) is 0 Å². The fourth-order valence-electron chi connectivity index (χ4n) is 0.637. The molecule has 0 aliphatic rings. The lowest BCUT2D eigenvalue weighted by atomic mass is 10.1. The zero-order valence-corrected chi connectivity index (χ0v) is 9.40. The quantitative estimate of drug-likeness (QED) is 0.410. The van der Waals surface area contributed by atoms with Crippen molar-refractivity contribution in [3.05, 3.63) is 12.7 Å². The summed E-state index contributed by atoms with van der Waals surface area (Å²) in [5.41, 5.74) is 0. The van der Waals surface area contributed by atoms with Gasteiger partial charge in [-0.05, 0) is 12.3 Å². The van der Waals surface area contributed by atoms with Gasteiger partial charge in [0.1, 0.15) is 0 Å². The summed E-state index contributed by atoms with van der Waals surface area (Å²) in [7, 11) is 0. The average molecular weight is 170 g/mol. The fraction of sp³-hybridized carbons (Fsp3) is 0.833. The van der Waals surface area contributed by atoms with Crippen molar-refractivity contribution in [3.63, 3.8) is 0 Å². The van der Waals surface area contributed by atoms with E-state index in [0.717, 1.165) is 5.92 Å². The van der Waals surface area contributed by atoms with Gasteiger partial charge in [0.05, 0.1) is 0 Å². The molecule has 12 heavy (non-hydrogen) atoms. The van der Waals surface area contributed by atoms with Crippen LogP contribution in [0.15, 0.2) is 12.7 Å². The van der Waals surface area contributed by atoms with Crippen molar-refractivity contribution in [3.8, 4) is 0 Å².